The molecule has 2 heteroatoms. The second-order valence-electron chi connectivity index (χ2n) is 4.87. The van der Waals surface area contributed by atoms with Crippen molar-refractivity contribution in [3.05, 3.63) is 11.6 Å². The van der Waals surface area contributed by atoms with Crippen molar-refractivity contribution in [3.63, 3.8) is 0 Å². The van der Waals surface area contributed by atoms with E-state index in [0.29, 0.717) is 6.10 Å². The van der Waals surface area contributed by atoms with Crippen LogP contribution in [-0.4, -0.2) is 18.2 Å². The van der Waals surface area contributed by atoms with Gasteiger partial charge in [-0.15, -0.1) is 0 Å². The van der Waals surface area contributed by atoms with Gasteiger partial charge in [0.25, 0.3) is 0 Å². The molecular formula is C12H23NO. The van der Waals surface area contributed by atoms with Crippen molar-refractivity contribution in [2.75, 3.05) is 6.54 Å². The van der Waals surface area contributed by atoms with Crippen LogP contribution in [0.1, 0.15) is 46.5 Å². The third-order valence-electron chi connectivity index (χ3n) is 2.76. The molecule has 0 aliphatic carbocycles. The van der Waals surface area contributed by atoms with Gasteiger partial charge in [-0.1, -0.05) is 11.6 Å². The van der Waals surface area contributed by atoms with Gasteiger partial charge in [0, 0.05) is 0 Å². The van der Waals surface area contributed by atoms with Gasteiger partial charge in [-0.05, 0) is 53.0 Å². The summed E-state index contributed by atoms with van der Waals surface area (Å²) in [5, 5.41) is 0. The van der Waals surface area contributed by atoms with Gasteiger partial charge in [-0.25, -0.2) is 0 Å². The lowest BCUT2D eigenvalue weighted by atomic mass is 10.0. The van der Waals surface area contributed by atoms with E-state index < -0.39 is 0 Å². The number of hydrogen-bond acceptors (Lipinski definition) is 2. The maximum atomic E-state index is 5.93. The van der Waals surface area contributed by atoms with Gasteiger partial charge in [-0.3, -0.25) is 0 Å². The first-order valence-corrected chi connectivity index (χ1v) is 5.57. The zero-order chi connectivity index (χ0) is 10.6. The molecule has 0 bridgehead atoms. The Hall–Kier alpha value is -0.340. The monoisotopic (exact) mass is 197 g/mol. The van der Waals surface area contributed by atoms with Crippen molar-refractivity contribution in [2.45, 2.75) is 58.2 Å². The molecule has 2 nitrogen and oxygen atoms in total. The van der Waals surface area contributed by atoms with Gasteiger partial charge in [-0.2, -0.15) is 0 Å². The van der Waals surface area contributed by atoms with E-state index in [4.69, 9.17) is 10.5 Å². The van der Waals surface area contributed by atoms with E-state index in [1.807, 2.05) is 0 Å². The molecule has 1 fully saturated rings. The smallest absolute Gasteiger partial charge is 0.0631 e. The SMILES string of the molecule is CC(=CCCN)CC1CCC(C)(C)O1. The average molecular weight is 197 g/mol. The number of nitrogens with two attached hydrogens (primary N) is 1. The lowest BCUT2D eigenvalue weighted by molar-refractivity contribution is -0.0144. The van der Waals surface area contributed by atoms with E-state index in [-0.39, 0.29) is 5.60 Å². The fourth-order valence-electron chi connectivity index (χ4n) is 1.99. The van der Waals surface area contributed by atoms with Crippen molar-refractivity contribution in [1.82, 2.24) is 0 Å². The summed E-state index contributed by atoms with van der Waals surface area (Å²) in [6.45, 7) is 7.26. The highest BCUT2D eigenvalue weighted by Crippen LogP contribution is 2.32. The van der Waals surface area contributed by atoms with Crippen LogP contribution in [0.5, 0.6) is 0 Å². The molecule has 0 amide bonds. The van der Waals surface area contributed by atoms with Crippen LogP contribution >= 0.6 is 0 Å². The van der Waals surface area contributed by atoms with Crippen LogP contribution in [0.3, 0.4) is 0 Å². The molecule has 1 atom stereocenters. The molecule has 82 valence electrons. The molecule has 0 aromatic carbocycles. The average Bonchev–Trinajstić information content (AvgIpc) is 2.42. The maximum Gasteiger partial charge on any atom is 0.0631 e. The Morgan fingerprint density at radius 1 is 1.57 bits per heavy atom. The standard InChI is InChI=1S/C12H23NO/c1-10(5-4-8-13)9-11-6-7-12(2,3)14-11/h5,11H,4,6-9,13H2,1-3H3. The Labute approximate surface area is 87.5 Å². The van der Waals surface area contributed by atoms with Crippen LogP contribution in [-0.2, 0) is 4.74 Å². The van der Waals surface area contributed by atoms with Gasteiger partial charge in [0.1, 0.15) is 0 Å². The molecular weight excluding hydrogens is 174 g/mol. The summed E-state index contributed by atoms with van der Waals surface area (Å²) < 4.78 is 5.93. The zero-order valence-electron chi connectivity index (χ0n) is 9.68. The number of hydrogen-bond donors (Lipinski definition) is 1. The van der Waals surface area contributed by atoms with Crippen molar-refractivity contribution in [2.24, 2.45) is 5.73 Å². The maximum absolute atomic E-state index is 5.93. The molecule has 1 heterocycles. The second kappa shape index (κ2) is 4.94. The van der Waals surface area contributed by atoms with Crippen LogP contribution < -0.4 is 5.73 Å². The van der Waals surface area contributed by atoms with Crippen LogP contribution in [0.15, 0.2) is 11.6 Å². The molecule has 2 N–H and O–H groups in total. The Bertz CT molecular complexity index is 208. The van der Waals surface area contributed by atoms with Crippen LogP contribution in [0.2, 0.25) is 0 Å². The summed E-state index contributed by atoms with van der Waals surface area (Å²) in [6, 6.07) is 0. The predicted octanol–water partition coefficient (Wildman–Crippen LogP) is 2.63. The molecule has 1 rings (SSSR count). The lowest BCUT2D eigenvalue weighted by Gasteiger charge is -2.19. The van der Waals surface area contributed by atoms with E-state index in [0.717, 1.165) is 19.4 Å². The molecule has 0 aromatic rings. The third kappa shape index (κ3) is 3.81. The van der Waals surface area contributed by atoms with Gasteiger partial charge in [0.05, 0.1) is 11.7 Å². The molecule has 1 saturated heterocycles. The Morgan fingerprint density at radius 3 is 2.79 bits per heavy atom. The molecule has 14 heavy (non-hydrogen) atoms. The van der Waals surface area contributed by atoms with Gasteiger partial charge in [0.2, 0.25) is 0 Å². The minimum Gasteiger partial charge on any atom is -0.372 e. The minimum atomic E-state index is 0.0960. The van der Waals surface area contributed by atoms with Gasteiger partial charge in [0.15, 0.2) is 0 Å². The highest BCUT2D eigenvalue weighted by atomic mass is 16.5. The summed E-state index contributed by atoms with van der Waals surface area (Å²) in [6.07, 6.45) is 7.10. The lowest BCUT2D eigenvalue weighted by Crippen LogP contribution is -2.20. The molecule has 1 unspecified atom stereocenters. The molecule has 0 aromatic heterocycles. The summed E-state index contributed by atoms with van der Waals surface area (Å²) in [5.41, 5.74) is 6.96. The number of ether oxygens (including phenoxy) is 1. The van der Waals surface area contributed by atoms with Crippen molar-refractivity contribution in [1.29, 1.82) is 0 Å². The van der Waals surface area contributed by atoms with Crippen molar-refractivity contribution < 1.29 is 4.74 Å². The predicted molar refractivity (Wildman–Crippen MR) is 60.2 cm³/mol. The third-order valence-corrected chi connectivity index (χ3v) is 2.76. The Morgan fingerprint density at radius 2 is 2.29 bits per heavy atom. The summed E-state index contributed by atoms with van der Waals surface area (Å²) in [4.78, 5) is 0. The van der Waals surface area contributed by atoms with Crippen molar-refractivity contribution >= 4 is 0 Å². The van der Waals surface area contributed by atoms with Gasteiger partial charge < -0.3 is 10.5 Å². The Balaban J connectivity index is 2.32. The summed E-state index contributed by atoms with van der Waals surface area (Å²) in [7, 11) is 0. The van der Waals surface area contributed by atoms with E-state index in [1.165, 1.54) is 18.4 Å². The first-order valence-electron chi connectivity index (χ1n) is 5.57. The molecule has 1 aliphatic rings. The molecule has 1 aliphatic heterocycles. The van der Waals surface area contributed by atoms with E-state index in [9.17, 15) is 0 Å². The van der Waals surface area contributed by atoms with Crippen LogP contribution in [0.25, 0.3) is 0 Å². The Kier molecular flexibility index (Phi) is 4.14. The fourth-order valence-corrected chi connectivity index (χ4v) is 1.99. The van der Waals surface area contributed by atoms with Gasteiger partial charge >= 0.3 is 0 Å². The normalized spacial score (nSPS) is 26.9. The zero-order valence-corrected chi connectivity index (χ0v) is 9.68. The first-order chi connectivity index (χ1) is 6.53. The highest BCUT2D eigenvalue weighted by molar-refractivity contribution is 5.01. The van der Waals surface area contributed by atoms with Crippen LogP contribution in [0.4, 0.5) is 0 Å². The van der Waals surface area contributed by atoms with E-state index in [1.54, 1.807) is 0 Å². The second-order valence-corrected chi connectivity index (χ2v) is 4.87. The van der Waals surface area contributed by atoms with E-state index in [2.05, 4.69) is 26.8 Å². The van der Waals surface area contributed by atoms with Crippen molar-refractivity contribution in [3.8, 4) is 0 Å². The first kappa shape index (κ1) is 11.7. The molecule has 0 spiro atoms. The highest BCUT2D eigenvalue weighted by Gasteiger charge is 2.31. The topological polar surface area (TPSA) is 35.2 Å². The summed E-state index contributed by atoms with van der Waals surface area (Å²) in [5.74, 6) is 0. The quantitative estimate of drug-likeness (QED) is 0.703. The molecule has 0 saturated carbocycles. The largest absolute Gasteiger partial charge is 0.372 e. The fraction of sp³-hybridized carbons (Fsp3) is 0.833. The van der Waals surface area contributed by atoms with E-state index >= 15 is 0 Å². The number of rotatable bonds is 4. The van der Waals surface area contributed by atoms with Crippen LogP contribution in [0, 0.1) is 0 Å². The minimum absolute atomic E-state index is 0.0960. The molecule has 0 radical (unpaired) electrons. The summed E-state index contributed by atoms with van der Waals surface area (Å²) >= 11 is 0.